The van der Waals surface area contributed by atoms with Gasteiger partial charge >= 0.3 is 0 Å². The van der Waals surface area contributed by atoms with Crippen molar-refractivity contribution in [3.05, 3.63) is 23.2 Å². The molecule has 0 amide bonds. The van der Waals surface area contributed by atoms with E-state index < -0.39 is 6.10 Å². The molecule has 0 unspecified atom stereocenters. The number of fused-ring (bicyclic) bond motifs is 1. The number of hydrogen-bond acceptors (Lipinski definition) is 3. The molecule has 0 bridgehead atoms. The number of furan rings is 1. The van der Waals surface area contributed by atoms with Crippen LogP contribution in [0.4, 0.5) is 0 Å². The summed E-state index contributed by atoms with van der Waals surface area (Å²) >= 11 is 0. The van der Waals surface area contributed by atoms with Gasteiger partial charge in [0, 0.05) is 12.8 Å². The van der Waals surface area contributed by atoms with E-state index in [1.165, 1.54) is 0 Å². The van der Waals surface area contributed by atoms with Gasteiger partial charge in [0.2, 0.25) is 0 Å². The summed E-state index contributed by atoms with van der Waals surface area (Å²) in [5, 5.41) is 9.75. The fourth-order valence-corrected chi connectivity index (χ4v) is 2.00. The van der Waals surface area contributed by atoms with Gasteiger partial charge in [-0.2, -0.15) is 0 Å². The molecular weight excluding hydrogens is 192 g/mol. The fourth-order valence-electron chi connectivity index (χ4n) is 2.00. The first-order valence-corrected chi connectivity index (χ1v) is 5.56. The molecule has 3 heteroatoms. The monoisotopic (exact) mass is 208 g/mol. The van der Waals surface area contributed by atoms with Crippen molar-refractivity contribution in [1.82, 2.24) is 0 Å². The number of aryl methyl sites for hydroxylation is 1. The number of Topliss-reactive ketones (excluding diaryl/α,β-unsaturated/α-hetero) is 1. The lowest BCUT2D eigenvalue weighted by molar-refractivity contribution is 0.0968. The van der Waals surface area contributed by atoms with Crippen LogP contribution in [0.15, 0.2) is 10.5 Å². The highest BCUT2D eigenvalue weighted by Crippen LogP contribution is 2.29. The highest BCUT2D eigenvalue weighted by molar-refractivity contribution is 5.98. The maximum Gasteiger partial charge on any atom is 0.166 e. The molecule has 0 radical (unpaired) electrons. The van der Waals surface area contributed by atoms with E-state index in [2.05, 4.69) is 0 Å². The van der Waals surface area contributed by atoms with Crippen LogP contribution in [0.1, 0.15) is 60.6 Å². The number of rotatable bonds is 3. The van der Waals surface area contributed by atoms with Crippen molar-refractivity contribution in [3.8, 4) is 0 Å². The molecule has 1 aliphatic rings. The Morgan fingerprint density at radius 1 is 1.53 bits per heavy atom. The largest absolute Gasteiger partial charge is 0.463 e. The Balaban J connectivity index is 2.25. The molecule has 2 rings (SSSR count). The zero-order valence-electron chi connectivity index (χ0n) is 8.95. The van der Waals surface area contributed by atoms with Crippen molar-refractivity contribution in [2.45, 2.75) is 45.1 Å². The average molecular weight is 208 g/mol. The van der Waals surface area contributed by atoms with Crippen LogP contribution in [-0.4, -0.2) is 10.9 Å². The lowest BCUT2D eigenvalue weighted by atomic mass is 9.97. The Morgan fingerprint density at radius 3 is 3.00 bits per heavy atom. The highest BCUT2D eigenvalue weighted by Gasteiger charge is 2.24. The van der Waals surface area contributed by atoms with Crippen molar-refractivity contribution in [1.29, 1.82) is 0 Å². The lowest BCUT2D eigenvalue weighted by Crippen LogP contribution is -2.07. The number of carbonyl (C=O) groups excluding carboxylic acids is 1. The molecule has 0 fully saturated rings. The number of carbonyl (C=O) groups is 1. The van der Waals surface area contributed by atoms with Gasteiger partial charge in [-0.25, -0.2) is 0 Å². The van der Waals surface area contributed by atoms with Gasteiger partial charge < -0.3 is 9.52 Å². The standard InChI is InChI=1S/C12H16O3/c1-2-4-10(14)12-7-8-9(13)5-3-6-11(8)15-12/h7,10,14H,2-6H2,1H3/t10-/m1/s1. The average Bonchev–Trinajstić information content (AvgIpc) is 2.63. The van der Waals surface area contributed by atoms with E-state index in [9.17, 15) is 9.90 Å². The van der Waals surface area contributed by atoms with Crippen LogP contribution < -0.4 is 0 Å². The summed E-state index contributed by atoms with van der Waals surface area (Å²) in [6.07, 6.45) is 3.31. The Bertz CT molecular complexity index is 365. The minimum Gasteiger partial charge on any atom is -0.463 e. The number of ketones is 1. The molecule has 0 aromatic carbocycles. The molecule has 1 aliphatic carbocycles. The normalized spacial score (nSPS) is 17.6. The smallest absolute Gasteiger partial charge is 0.166 e. The zero-order valence-corrected chi connectivity index (χ0v) is 8.95. The van der Waals surface area contributed by atoms with Gasteiger partial charge in [-0.15, -0.1) is 0 Å². The third-order valence-electron chi connectivity index (χ3n) is 2.83. The second-order valence-electron chi connectivity index (χ2n) is 4.07. The van der Waals surface area contributed by atoms with Gasteiger partial charge in [0.25, 0.3) is 0 Å². The van der Waals surface area contributed by atoms with Crippen molar-refractivity contribution >= 4 is 5.78 Å². The molecule has 0 aliphatic heterocycles. The van der Waals surface area contributed by atoms with Gasteiger partial charge in [0.05, 0.1) is 5.56 Å². The van der Waals surface area contributed by atoms with Crippen LogP contribution in [0.25, 0.3) is 0 Å². The van der Waals surface area contributed by atoms with Crippen LogP contribution >= 0.6 is 0 Å². The van der Waals surface area contributed by atoms with Gasteiger partial charge in [0.1, 0.15) is 17.6 Å². The Kier molecular flexibility index (Phi) is 2.91. The van der Waals surface area contributed by atoms with E-state index in [1.54, 1.807) is 6.07 Å². The molecular formula is C12H16O3. The zero-order chi connectivity index (χ0) is 10.8. The van der Waals surface area contributed by atoms with Crippen molar-refractivity contribution in [2.75, 3.05) is 0 Å². The summed E-state index contributed by atoms with van der Waals surface area (Å²) in [6, 6.07) is 1.72. The summed E-state index contributed by atoms with van der Waals surface area (Å²) in [4.78, 5) is 11.5. The first kappa shape index (κ1) is 10.4. The molecule has 1 atom stereocenters. The van der Waals surface area contributed by atoms with Crippen LogP contribution in [0.2, 0.25) is 0 Å². The molecule has 82 valence electrons. The minimum atomic E-state index is -0.562. The van der Waals surface area contributed by atoms with Crippen LogP contribution in [0, 0.1) is 0 Å². The Morgan fingerprint density at radius 2 is 2.33 bits per heavy atom. The van der Waals surface area contributed by atoms with E-state index in [1.807, 2.05) is 6.92 Å². The Hall–Kier alpha value is -1.09. The molecule has 1 N–H and O–H groups in total. The Labute approximate surface area is 89.1 Å². The lowest BCUT2D eigenvalue weighted by Gasteiger charge is -2.07. The van der Waals surface area contributed by atoms with Crippen LogP contribution in [0.3, 0.4) is 0 Å². The topological polar surface area (TPSA) is 50.4 Å². The highest BCUT2D eigenvalue weighted by atomic mass is 16.4. The summed E-state index contributed by atoms with van der Waals surface area (Å²) < 4.78 is 5.52. The summed E-state index contributed by atoms with van der Waals surface area (Å²) in [5.41, 5.74) is 0.686. The van der Waals surface area contributed by atoms with E-state index >= 15 is 0 Å². The van der Waals surface area contributed by atoms with Gasteiger partial charge in [0.15, 0.2) is 5.78 Å². The summed E-state index contributed by atoms with van der Waals surface area (Å²) in [6.45, 7) is 2.01. The van der Waals surface area contributed by atoms with E-state index in [0.29, 0.717) is 24.2 Å². The number of aliphatic hydroxyl groups excluding tert-OH is 1. The minimum absolute atomic E-state index is 0.148. The van der Waals surface area contributed by atoms with Crippen molar-refractivity contribution in [3.63, 3.8) is 0 Å². The number of hydrogen-bond donors (Lipinski definition) is 1. The second kappa shape index (κ2) is 4.19. The third-order valence-corrected chi connectivity index (χ3v) is 2.83. The molecule has 1 aromatic heterocycles. The SMILES string of the molecule is CCC[C@@H](O)c1cc2c(o1)CCCC2=O. The van der Waals surface area contributed by atoms with Crippen LogP contribution in [-0.2, 0) is 6.42 Å². The van der Waals surface area contributed by atoms with Crippen LogP contribution in [0.5, 0.6) is 0 Å². The maximum atomic E-state index is 11.5. The number of aliphatic hydroxyl groups is 1. The van der Waals surface area contributed by atoms with Gasteiger partial charge in [-0.05, 0) is 18.9 Å². The van der Waals surface area contributed by atoms with Gasteiger partial charge in [-0.3, -0.25) is 4.79 Å². The van der Waals surface area contributed by atoms with Gasteiger partial charge in [-0.1, -0.05) is 13.3 Å². The molecule has 0 saturated carbocycles. The molecule has 0 saturated heterocycles. The van der Waals surface area contributed by atoms with E-state index in [4.69, 9.17) is 4.42 Å². The first-order chi connectivity index (χ1) is 7.22. The summed E-state index contributed by atoms with van der Waals surface area (Å²) in [7, 11) is 0. The van der Waals surface area contributed by atoms with Crippen molar-refractivity contribution < 1.29 is 14.3 Å². The molecule has 0 spiro atoms. The predicted molar refractivity (Wildman–Crippen MR) is 55.8 cm³/mol. The molecule has 15 heavy (non-hydrogen) atoms. The molecule has 3 nitrogen and oxygen atoms in total. The van der Waals surface area contributed by atoms with E-state index in [-0.39, 0.29) is 5.78 Å². The quantitative estimate of drug-likeness (QED) is 0.830. The van der Waals surface area contributed by atoms with E-state index in [0.717, 1.165) is 25.0 Å². The third kappa shape index (κ3) is 1.97. The predicted octanol–water partition coefficient (Wildman–Crippen LogP) is 2.63. The molecule has 1 heterocycles. The summed E-state index contributed by atoms with van der Waals surface area (Å²) in [5.74, 6) is 1.46. The molecule has 1 aromatic rings. The second-order valence-corrected chi connectivity index (χ2v) is 4.07. The first-order valence-electron chi connectivity index (χ1n) is 5.56. The van der Waals surface area contributed by atoms with Crippen molar-refractivity contribution in [2.24, 2.45) is 0 Å². The fraction of sp³-hybridized carbons (Fsp3) is 0.583. The maximum absolute atomic E-state index is 11.5.